The van der Waals surface area contributed by atoms with Crippen LogP contribution in [0.5, 0.6) is 0 Å². The molecule has 9 heteroatoms. The lowest BCUT2D eigenvalue weighted by molar-refractivity contribution is -0.137. The lowest BCUT2D eigenvalue weighted by atomic mass is 10.2. The van der Waals surface area contributed by atoms with Crippen LogP contribution in [-0.4, -0.2) is 28.3 Å². The van der Waals surface area contributed by atoms with Crippen LogP contribution in [0.2, 0.25) is 0 Å². The van der Waals surface area contributed by atoms with Crippen molar-refractivity contribution >= 4 is 18.3 Å². The van der Waals surface area contributed by atoms with Gasteiger partial charge in [0.05, 0.1) is 11.3 Å². The molecule has 1 atom stereocenters. The second-order valence-electron chi connectivity index (χ2n) is 5.90. The number of rotatable bonds is 5. The summed E-state index contributed by atoms with van der Waals surface area (Å²) in [6.07, 6.45) is -0.810. The van der Waals surface area contributed by atoms with Gasteiger partial charge in [0.15, 0.2) is 5.69 Å². The molecule has 1 aromatic carbocycles. The summed E-state index contributed by atoms with van der Waals surface area (Å²) in [4.78, 5) is 12.0. The first-order valence-electron chi connectivity index (χ1n) is 7.61. The summed E-state index contributed by atoms with van der Waals surface area (Å²) in [6, 6.07) is 6.15. The van der Waals surface area contributed by atoms with Gasteiger partial charge < -0.3 is 11.1 Å². The van der Waals surface area contributed by atoms with Crippen molar-refractivity contribution in [2.45, 2.75) is 25.1 Å². The fourth-order valence-electron chi connectivity index (χ4n) is 2.41. The number of hydrogen-bond acceptors (Lipinski definition) is 3. The Balaban J connectivity index is 0.00000225. The summed E-state index contributed by atoms with van der Waals surface area (Å²) in [7, 11) is 0. The second-order valence-corrected chi connectivity index (χ2v) is 5.90. The Hall–Kier alpha value is -2.06. The van der Waals surface area contributed by atoms with Crippen molar-refractivity contribution in [1.82, 2.24) is 15.1 Å². The number of aromatic nitrogens is 2. The Morgan fingerprint density at radius 3 is 2.72 bits per heavy atom. The maximum absolute atomic E-state index is 12.8. The van der Waals surface area contributed by atoms with Crippen LogP contribution >= 0.6 is 12.4 Å². The molecule has 1 aliphatic carbocycles. The third-order valence-electron chi connectivity index (χ3n) is 3.99. The molecule has 1 aliphatic rings. The summed E-state index contributed by atoms with van der Waals surface area (Å²) < 4.78 is 39.5. The lowest BCUT2D eigenvalue weighted by Gasteiger charge is -2.10. The average molecular weight is 375 g/mol. The van der Waals surface area contributed by atoms with Crippen molar-refractivity contribution < 1.29 is 18.0 Å². The molecule has 1 unspecified atom stereocenters. The number of hydrogen-bond donors (Lipinski definition) is 2. The van der Waals surface area contributed by atoms with E-state index in [-0.39, 0.29) is 29.8 Å². The number of alkyl halides is 3. The van der Waals surface area contributed by atoms with E-state index in [0.29, 0.717) is 12.5 Å². The van der Waals surface area contributed by atoms with E-state index in [1.165, 1.54) is 29.1 Å². The van der Waals surface area contributed by atoms with Gasteiger partial charge in [-0.05, 0) is 43.0 Å². The number of carbonyl (C=O) groups excluding carboxylic acids is 1. The van der Waals surface area contributed by atoms with Gasteiger partial charge in [-0.2, -0.15) is 18.3 Å². The number of carbonyl (C=O) groups is 1. The average Bonchev–Trinajstić information content (AvgIpc) is 3.28. The smallest absolute Gasteiger partial charge is 0.349 e. The number of nitrogens with two attached hydrogens (primary N) is 1. The molecule has 0 saturated heterocycles. The van der Waals surface area contributed by atoms with Gasteiger partial charge >= 0.3 is 6.18 Å². The fourth-order valence-corrected chi connectivity index (χ4v) is 2.41. The Kier molecular flexibility index (Phi) is 5.74. The molecule has 0 spiro atoms. The Morgan fingerprint density at radius 2 is 2.08 bits per heavy atom. The van der Waals surface area contributed by atoms with Crippen molar-refractivity contribution in [2.24, 2.45) is 11.7 Å². The molecule has 136 valence electrons. The van der Waals surface area contributed by atoms with Crippen molar-refractivity contribution in [3.63, 3.8) is 0 Å². The van der Waals surface area contributed by atoms with Crippen molar-refractivity contribution in [3.8, 4) is 5.69 Å². The molecule has 2 aromatic rings. The Morgan fingerprint density at radius 1 is 1.36 bits per heavy atom. The number of amides is 1. The molecule has 0 radical (unpaired) electrons. The van der Waals surface area contributed by atoms with Crippen LogP contribution in [0, 0.1) is 5.92 Å². The highest BCUT2D eigenvalue weighted by Crippen LogP contribution is 2.31. The van der Waals surface area contributed by atoms with Crippen LogP contribution < -0.4 is 11.1 Å². The van der Waals surface area contributed by atoms with Gasteiger partial charge in [-0.25, -0.2) is 4.68 Å². The Labute approximate surface area is 148 Å². The van der Waals surface area contributed by atoms with Gasteiger partial charge in [0.1, 0.15) is 0 Å². The van der Waals surface area contributed by atoms with Gasteiger partial charge in [-0.1, -0.05) is 6.07 Å². The van der Waals surface area contributed by atoms with Gasteiger partial charge in [-0.15, -0.1) is 12.4 Å². The molecule has 3 rings (SSSR count). The van der Waals surface area contributed by atoms with Gasteiger partial charge in [0.25, 0.3) is 5.91 Å². The molecule has 5 nitrogen and oxygen atoms in total. The second kappa shape index (κ2) is 7.45. The van der Waals surface area contributed by atoms with Crippen LogP contribution in [0.15, 0.2) is 36.5 Å². The quantitative estimate of drug-likeness (QED) is 0.845. The zero-order valence-electron chi connectivity index (χ0n) is 13.2. The van der Waals surface area contributed by atoms with E-state index < -0.39 is 17.6 Å². The summed E-state index contributed by atoms with van der Waals surface area (Å²) in [6.45, 7) is 0.361. The maximum atomic E-state index is 12.8. The predicted octanol–water partition coefficient (Wildman–Crippen LogP) is 2.78. The van der Waals surface area contributed by atoms with E-state index >= 15 is 0 Å². The number of benzene rings is 1. The third-order valence-corrected chi connectivity index (χ3v) is 3.99. The summed E-state index contributed by atoms with van der Waals surface area (Å²) in [5, 5.41) is 6.74. The molecular formula is C16H18ClF3N4O. The molecule has 1 amide bonds. The molecule has 1 aromatic heterocycles. The molecule has 1 heterocycles. The van der Waals surface area contributed by atoms with Crippen LogP contribution in [0.4, 0.5) is 13.2 Å². The summed E-state index contributed by atoms with van der Waals surface area (Å²) in [5.41, 5.74) is 5.51. The minimum Gasteiger partial charge on any atom is -0.349 e. The van der Waals surface area contributed by atoms with E-state index in [9.17, 15) is 18.0 Å². The number of halogens is 4. The van der Waals surface area contributed by atoms with Crippen molar-refractivity contribution in [2.75, 3.05) is 6.54 Å². The highest BCUT2D eigenvalue weighted by molar-refractivity contribution is 5.92. The predicted molar refractivity (Wildman–Crippen MR) is 88.8 cm³/mol. The van der Waals surface area contributed by atoms with E-state index in [1.54, 1.807) is 0 Å². The van der Waals surface area contributed by atoms with Crippen LogP contribution in [0.3, 0.4) is 0 Å². The molecular weight excluding hydrogens is 357 g/mol. The molecule has 1 fully saturated rings. The highest BCUT2D eigenvalue weighted by atomic mass is 35.5. The molecule has 0 aliphatic heterocycles. The summed E-state index contributed by atoms with van der Waals surface area (Å²) in [5.74, 6) is 0.0739. The molecule has 25 heavy (non-hydrogen) atoms. The van der Waals surface area contributed by atoms with E-state index in [1.807, 2.05) is 0 Å². The molecule has 3 N–H and O–H groups in total. The van der Waals surface area contributed by atoms with Gasteiger partial charge in [-0.3, -0.25) is 4.79 Å². The minimum atomic E-state index is -4.43. The standard InChI is InChI=1S/C16H17F3N4O.ClH/c17-16(18,19)11-2-1-3-12(8-11)23-7-6-14(22-23)15(24)21-9-13(20)10-4-5-10;/h1-3,6-8,10,13H,4-5,9,20H2,(H,21,24);1H. The largest absolute Gasteiger partial charge is 0.416 e. The molecule has 1 saturated carbocycles. The fraction of sp³-hybridized carbons (Fsp3) is 0.375. The maximum Gasteiger partial charge on any atom is 0.416 e. The van der Waals surface area contributed by atoms with E-state index in [4.69, 9.17) is 5.73 Å². The SMILES string of the molecule is Cl.NC(CNC(=O)c1ccn(-c2cccc(C(F)(F)F)c2)n1)C1CC1. The first-order chi connectivity index (χ1) is 11.3. The lowest BCUT2D eigenvalue weighted by Crippen LogP contribution is -2.38. The first-order valence-corrected chi connectivity index (χ1v) is 7.61. The Bertz CT molecular complexity index is 743. The highest BCUT2D eigenvalue weighted by Gasteiger charge is 2.31. The van der Waals surface area contributed by atoms with Crippen LogP contribution in [0.1, 0.15) is 28.9 Å². The van der Waals surface area contributed by atoms with Crippen molar-refractivity contribution in [1.29, 1.82) is 0 Å². The van der Waals surface area contributed by atoms with Crippen LogP contribution in [0.25, 0.3) is 5.69 Å². The van der Waals surface area contributed by atoms with Crippen LogP contribution in [-0.2, 0) is 6.18 Å². The zero-order valence-corrected chi connectivity index (χ0v) is 14.0. The number of nitrogens with zero attached hydrogens (tertiary/aromatic N) is 2. The minimum absolute atomic E-state index is 0. The topological polar surface area (TPSA) is 72.9 Å². The van der Waals surface area contributed by atoms with E-state index in [0.717, 1.165) is 25.0 Å². The monoisotopic (exact) mass is 374 g/mol. The number of nitrogens with one attached hydrogen (secondary N) is 1. The van der Waals surface area contributed by atoms with Crippen molar-refractivity contribution in [3.05, 3.63) is 47.8 Å². The van der Waals surface area contributed by atoms with Gasteiger partial charge in [0.2, 0.25) is 0 Å². The third kappa shape index (κ3) is 4.73. The first kappa shape index (κ1) is 19.3. The zero-order chi connectivity index (χ0) is 17.3. The van der Waals surface area contributed by atoms with Gasteiger partial charge in [0, 0.05) is 18.8 Å². The van der Waals surface area contributed by atoms with E-state index in [2.05, 4.69) is 10.4 Å². The molecule has 0 bridgehead atoms. The normalized spacial score (nSPS) is 15.4. The summed E-state index contributed by atoms with van der Waals surface area (Å²) >= 11 is 0.